The van der Waals surface area contributed by atoms with Crippen LogP contribution in [0.1, 0.15) is 41.3 Å². The summed E-state index contributed by atoms with van der Waals surface area (Å²) in [5, 5.41) is 2.75. The minimum absolute atomic E-state index is 0.208. The number of benzene rings is 2. The Morgan fingerprint density at radius 2 is 1.71 bits per heavy atom. The minimum atomic E-state index is -0.643. The van der Waals surface area contributed by atoms with Crippen molar-refractivity contribution in [3.63, 3.8) is 0 Å². The molecule has 0 radical (unpaired) electrons. The molecule has 0 saturated heterocycles. The van der Waals surface area contributed by atoms with Crippen LogP contribution in [0.15, 0.2) is 42.5 Å². The summed E-state index contributed by atoms with van der Waals surface area (Å²) in [6.45, 7) is 4.42. The Kier molecular flexibility index (Phi) is 7.87. The van der Waals surface area contributed by atoms with E-state index in [9.17, 15) is 9.59 Å². The second kappa shape index (κ2) is 10.3. The average Bonchev–Trinajstić information content (AvgIpc) is 2.71. The van der Waals surface area contributed by atoms with E-state index in [0.717, 1.165) is 5.56 Å². The number of rotatable bonds is 9. The van der Waals surface area contributed by atoms with E-state index < -0.39 is 5.97 Å². The molecular formula is C22H27NO5. The van der Waals surface area contributed by atoms with Crippen molar-refractivity contribution in [2.75, 3.05) is 27.4 Å². The van der Waals surface area contributed by atoms with Crippen LogP contribution in [0.5, 0.6) is 11.5 Å². The van der Waals surface area contributed by atoms with Gasteiger partial charge in [-0.1, -0.05) is 44.2 Å². The number of esters is 1. The van der Waals surface area contributed by atoms with E-state index in [-0.39, 0.29) is 23.8 Å². The molecule has 150 valence electrons. The van der Waals surface area contributed by atoms with E-state index in [2.05, 4.69) is 43.4 Å². The zero-order chi connectivity index (χ0) is 20.5. The van der Waals surface area contributed by atoms with Gasteiger partial charge in [-0.25, -0.2) is 4.79 Å². The fourth-order valence-corrected chi connectivity index (χ4v) is 2.72. The smallest absolute Gasteiger partial charge is 0.342 e. The van der Waals surface area contributed by atoms with Crippen molar-refractivity contribution in [1.29, 1.82) is 0 Å². The number of hydrogen-bond donors (Lipinski definition) is 1. The van der Waals surface area contributed by atoms with Gasteiger partial charge >= 0.3 is 5.97 Å². The Morgan fingerprint density at radius 3 is 2.32 bits per heavy atom. The number of carbonyl (C=O) groups excluding carboxylic acids is 2. The SMILES string of the molecule is COc1cccc(C(=O)OCC(=O)NCCc2ccc(C(C)C)cc2)c1OC. The molecule has 2 rings (SSSR count). The lowest BCUT2D eigenvalue weighted by Crippen LogP contribution is -2.30. The molecule has 2 aromatic carbocycles. The molecule has 28 heavy (non-hydrogen) atoms. The van der Waals surface area contributed by atoms with Crippen LogP contribution in [0.4, 0.5) is 0 Å². The normalized spacial score (nSPS) is 10.5. The highest BCUT2D eigenvalue weighted by atomic mass is 16.5. The Balaban J connectivity index is 1.80. The third-order valence-corrected chi connectivity index (χ3v) is 4.34. The van der Waals surface area contributed by atoms with Crippen molar-refractivity contribution in [2.24, 2.45) is 0 Å². The number of amides is 1. The third-order valence-electron chi connectivity index (χ3n) is 4.34. The molecule has 0 aliphatic heterocycles. The Morgan fingerprint density at radius 1 is 1.00 bits per heavy atom. The molecule has 0 fully saturated rings. The van der Waals surface area contributed by atoms with E-state index in [0.29, 0.717) is 24.6 Å². The molecular weight excluding hydrogens is 358 g/mol. The maximum Gasteiger partial charge on any atom is 0.342 e. The molecule has 0 unspecified atom stereocenters. The van der Waals surface area contributed by atoms with Gasteiger partial charge in [-0.05, 0) is 35.6 Å². The zero-order valence-corrected chi connectivity index (χ0v) is 16.8. The molecule has 0 bridgehead atoms. The number of para-hydroxylation sites is 1. The Hall–Kier alpha value is -3.02. The standard InChI is InChI=1S/C22H27NO5/c1-15(2)17-10-8-16(9-11-17)12-13-23-20(24)14-28-22(25)18-6-5-7-19(26-3)21(18)27-4/h5-11,15H,12-14H2,1-4H3,(H,23,24). The fraction of sp³-hybridized carbons (Fsp3) is 0.364. The summed E-state index contributed by atoms with van der Waals surface area (Å²) in [7, 11) is 2.92. The molecule has 0 spiro atoms. The van der Waals surface area contributed by atoms with E-state index in [1.807, 2.05) is 0 Å². The van der Waals surface area contributed by atoms with Crippen LogP contribution in [0.25, 0.3) is 0 Å². The summed E-state index contributed by atoms with van der Waals surface area (Å²) < 4.78 is 15.5. The Bertz CT molecular complexity index is 799. The van der Waals surface area contributed by atoms with E-state index in [1.54, 1.807) is 18.2 Å². The minimum Gasteiger partial charge on any atom is -0.493 e. The first-order chi connectivity index (χ1) is 13.5. The molecule has 0 aliphatic rings. The van der Waals surface area contributed by atoms with Crippen molar-refractivity contribution in [1.82, 2.24) is 5.32 Å². The first-order valence-electron chi connectivity index (χ1n) is 9.20. The highest BCUT2D eigenvalue weighted by Gasteiger charge is 2.18. The van der Waals surface area contributed by atoms with Crippen LogP contribution >= 0.6 is 0 Å². The molecule has 6 heteroatoms. The maximum atomic E-state index is 12.2. The number of ether oxygens (including phenoxy) is 3. The summed E-state index contributed by atoms with van der Waals surface area (Å²) in [5.74, 6) is 0.195. The van der Waals surface area contributed by atoms with Gasteiger partial charge in [-0.15, -0.1) is 0 Å². The second-order valence-corrected chi connectivity index (χ2v) is 6.61. The van der Waals surface area contributed by atoms with Gasteiger partial charge in [0.1, 0.15) is 5.56 Å². The van der Waals surface area contributed by atoms with Crippen LogP contribution in [0, 0.1) is 0 Å². The predicted molar refractivity (Wildman–Crippen MR) is 107 cm³/mol. The topological polar surface area (TPSA) is 73.9 Å². The highest BCUT2D eigenvalue weighted by Crippen LogP contribution is 2.31. The average molecular weight is 385 g/mol. The monoisotopic (exact) mass is 385 g/mol. The lowest BCUT2D eigenvalue weighted by atomic mass is 10.0. The van der Waals surface area contributed by atoms with Crippen molar-refractivity contribution in [2.45, 2.75) is 26.2 Å². The zero-order valence-electron chi connectivity index (χ0n) is 16.8. The van der Waals surface area contributed by atoms with Gasteiger partial charge in [0.05, 0.1) is 14.2 Å². The van der Waals surface area contributed by atoms with E-state index >= 15 is 0 Å². The third kappa shape index (κ3) is 5.74. The molecule has 0 heterocycles. The van der Waals surface area contributed by atoms with Crippen LogP contribution in [0.3, 0.4) is 0 Å². The van der Waals surface area contributed by atoms with Gasteiger partial charge in [0.2, 0.25) is 0 Å². The van der Waals surface area contributed by atoms with Crippen LogP contribution in [-0.2, 0) is 16.0 Å². The second-order valence-electron chi connectivity index (χ2n) is 6.61. The van der Waals surface area contributed by atoms with E-state index in [4.69, 9.17) is 14.2 Å². The molecule has 0 atom stereocenters. The lowest BCUT2D eigenvalue weighted by Gasteiger charge is -2.12. The molecule has 0 aliphatic carbocycles. The number of nitrogens with one attached hydrogen (secondary N) is 1. The fourth-order valence-electron chi connectivity index (χ4n) is 2.72. The van der Waals surface area contributed by atoms with E-state index in [1.165, 1.54) is 19.8 Å². The molecule has 1 N–H and O–H groups in total. The van der Waals surface area contributed by atoms with Crippen molar-refractivity contribution < 1.29 is 23.8 Å². The van der Waals surface area contributed by atoms with Gasteiger partial charge in [0, 0.05) is 6.54 Å². The lowest BCUT2D eigenvalue weighted by molar-refractivity contribution is -0.124. The first-order valence-corrected chi connectivity index (χ1v) is 9.20. The quantitative estimate of drug-likeness (QED) is 0.670. The number of carbonyl (C=O) groups is 2. The van der Waals surface area contributed by atoms with Crippen LogP contribution in [-0.4, -0.2) is 39.2 Å². The largest absolute Gasteiger partial charge is 0.493 e. The van der Waals surface area contributed by atoms with Crippen molar-refractivity contribution >= 4 is 11.9 Å². The maximum absolute atomic E-state index is 12.2. The molecule has 1 amide bonds. The summed E-state index contributed by atoms with van der Waals surface area (Å²) in [6, 6.07) is 13.2. The van der Waals surface area contributed by atoms with Gasteiger partial charge < -0.3 is 19.5 Å². The summed E-state index contributed by atoms with van der Waals surface area (Å²) >= 11 is 0. The van der Waals surface area contributed by atoms with Gasteiger partial charge in [-0.3, -0.25) is 4.79 Å². The first kappa shape index (κ1) is 21.3. The van der Waals surface area contributed by atoms with Gasteiger partial charge in [0.15, 0.2) is 18.1 Å². The molecule has 2 aromatic rings. The van der Waals surface area contributed by atoms with Gasteiger partial charge in [0.25, 0.3) is 5.91 Å². The summed E-state index contributed by atoms with van der Waals surface area (Å²) in [5.41, 5.74) is 2.63. The van der Waals surface area contributed by atoms with Gasteiger partial charge in [-0.2, -0.15) is 0 Å². The van der Waals surface area contributed by atoms with Crippen molar-refractivity contribution in [3.8, 4) is 11.5 Å². The highest BCUT2D eigenvalue weighted by molar-refractivity contribution is 5.94. The summed E-state index contributed by atoms with van der Waals surface area (Å²) in [6.07, 6.45) is 0.710. The number of methoxy groups -OCH3 is 2. The number of hydrogen-bond acceptors (Lipinski definition) is 5. The molecule has 0 aromatic heterocycles. The van der Waals surface area contributed by atoms with Crippen LogP contribution < -0.4 is 14.8 Å². The van der Waals surface area contributed by atoms with Crippen molar-refractivity contribution in [3.05, 3.63) is 59.2 Å². The van der Waals surface area contributed by atoms with Crippen LogP contribution in [0.2, 0.25) is 0 Å². The Labute approximate surface area is 165 Å². The summed E-state index contributed by atoms with van der Waals surface area (Å²) in [4.78, 5) is 24.2. The molecule has 0 saturated carbocycles. The predicted octanol–water partition coefficient (Wildman–Crippen LogP) is 3.34. The molecule has 6 nitrogen and oxygen atoms in total.